The molecule has 0 aromatic heterocycles. The SMILES string of the molecule is CC1CNC(C)CCN(C(C)c2cccc(F)c2)C1. The molecule has 3 atom stereocenters. The molecule has 0 radical (unpaired) electrons. The van der Waals surface area contributed by atoms with E-state index in [9.17, 15) is 4.39 Å². The fourth-order valence-electron chi connectivity index (χ4n) is 2.75. The summed E-state index contributed by atoms with van der Waals surface area (Å²) >= 11 is 0. The van der Waals surface area contributed by atoms with Crippen LogP contribution in [-0.4, -0.2) is 30.6 Å². The quantitative estimate of drug-likeness (QED) is 0.882. The molecule has 1 saturated heterocycles. The van der Waals surface area contributed by atoms with E-state index < -0.39 is 0 Å². The van der Waals surface area contributed by atoms with Crippen LogP contribution < -0.4 is 5.32 Å². The summed E-state index contributed by atoms with van der Waals surface area (Å²) < 4.78 is 13.4. The van der Waals surface area contributed by atoms with E-state index in [1.165, 1.54) is 6.07 Å². The third kappa shape index (κ3) is 4.02. The Morgan fingerprint density at radius 1 is 1.37 bits per heavy atom. The van der Waals surface area contributed by atoms with Crippen molar-refractivity contribution in [2.75, 3.05) is 19.6 Å². The molecule has 0 bridgehead atoms. The standard InChI is InChI=1S/C16H25FN2/c1-12-10-18-13(2)7-8-19(11-12)14(3)15-5-4-6-16(17)9-15/h4-6,9,12-14,18H,7-8,10-11H2,1-3H3. The van der Waals surface area contributed by atoms with E-state index in [2.05, 4.69) is 31.0 Å². The maximum Gasteiger partial charge on any atom is 0.123 e. The van der Waals surface area contributed by atoms with Crippen LogP contribution in [0.25, 0.3) is 0 Å². The predicted octanol–water partition coefficient (Wildman–Crippen LogP) is 3.21. The molecule has 1 aromatic rings. The molecule has 1 aromatic carbocycles. The van der Waals surface area contributed by atoms with Crippen LogP contribution in [0, 0.1) is 11.7 Å². The summed E-state index contributed by atoms with van der Waals surface area (Å²) in [6.07, 6.45) is 1.15. The Kier molecular flexibility index (Phi) is 4.94. The van der Waals surface area contributed by atoms with Crippen molar-refractivity contribution >= 4 is 0 Å². The van der Waals surface area contributed by atoms with Gasteiger partial charge in [0.25, 0.3) is 0 Å². The second-order valence-corrected chi connectivity index (χ2v) is 5.93. The first-order valence-electron chi connectivity index (χ1n) is 7.29. The summed E-state index contributed by atoms with van der Waals surface area (Å²) in [4.78, 5) is 2.48. The highest BCUT2D eigenvalue weighted by Crippen LogP contribution is 2.23. The van der Waals surface area contributed by atoms with Crippen molar-refractivity contribution in [1.29, 1.82) is 0 Å². The van der Waals surface area contributed by atoms with Gasteiger partial charge >= 0.3 is 0 Å². The van der Waals surface area contributed by atoms with Crippen LogP contribution in [0.15, 0.2) is 24.3 Å². The number of nitrogens with one attached hydrogen (secondary N) is 1. The smallest absolute Gasteiger partial charge is 0.123 e. The summed E-state index contributed by atoms with van der Waals surface area (Å²) in [6.45, 7) is 9.89. The summed E-state index contributed by atoms with van der Waals surface area (Å²) in [6, 6.07) is 7.85. The van der Waals surface area contributed by atoms with Crippen molar-refractivity contribution in [2.45, 2.75) is 39.3 Å². The van der Waals surface area contributed by atoms with Crippen LogP contribution in [0.4, 0.5) is 4.39 Å². The number of rotatable bonds is 2. The summed E-state index contributed by atoms with van der Waals surface area (Å²) in [5.41, 5.74) is 1.08. The van der Waals surface area contributed by atoms with Crippen LogP contribution in [0.5, 0.6) is 0 Å². The molecular weight excluding hydrogens is 239 g/mol. The van der Waals surface area contributed by atoms with E-state index in [1.807, 2.05) is 6.07 Å². The molecule has 1 fully saturated rings. The first-order valence-corrected chi connectivity index (χ1v) is 7.29. The van der Waals surface area contributed by atoms with E-state index in [-0.39, 0.29) is 11.9 Å². The van der Waals surface area contributed by atoms with Crippen LogP contribution in [0.2, 0.25) is 0 Å². The van der Waals surface area contributed by atoms with Crippen molar-refractivity contribution in [1.82, 2.24) is 10.2 Å². The van der Waals surface area contributed by atoms with E-state index >= 15 is 0 Å². The highest BCUT2D eigenvalue weighted by atomic mass is 19.1. The molecule has 1 aliphatic heterocycles. The second-order valence-electron chi connectivity index (χ2n) is 5.93. The van der Waals surface area contributed by atoms with Gasteiger partial charge in [0.05, 0.1) is 0 Å². The molecule has 19 heavy (non-hydrogen) atoms. The number of nitrogens with zero attached hydrogens (tertiary/aromatic N) is 1. The molecule has 0 aliphatic carbocycles. The van der Waals surface area contributed by atoms with Gasteiger partial charge in [0.15, 0.2) is 0 Å². The maximum absolute atomic E-state index is 13.4. The average molecular weight is 264 g/mol. The topological polar surface area (TPSA) is 15.3 Å². The molecule has 0 amide bonds. The molecule has 1 N–H and O–H groups in total. The third-order valence-electron chi connectivity index (χ3n) is 4.09. The number of hydrogen-bond donors (Lipinski definition) is 1. The van der Waals surface area contributed by atoms with Gasteiger partial charge in [-0.05, 0) is 50.4 Å². The summed E-state index contributed by atoms with van der Waals surface area (Å²) in [5.74, 6) is 0.484. The van der Waals surface area contributed by atoms with Crippen LogP contribution >= 0.6 is 0 Å². The minimum absolute atomic E-state index is 0.139. The van der Waals surface area contributed by atoms with Crippen molar-refractivity contribution in [3.8, 4) is 0 Å². The third-order valence-corrected chi connectivity index (χ3v) is 4.09. The van der Waals surface area contributed by atoms with E-state index in [0.717, 1.165) is 31.6 Å². The van der Waals surface area contributed by atoms with Crippen molar-refractivity contribution in [2.24, 2.45) is 5.92 Å². The molecule has 1 aliphatic rings. The Labute approximate surface area is 116 Å². The zero-order valence-electron chi connectivity index (χ0n) is 12.2. The lowest BCUT2D eigenvalue weighted by Crippen LogP contribution is -2.43. The molecule has 2 rings (SSSR count). The summed E-state index contributed by atoms with van der Waals surface area (Å²) in [5, 5.41) is 3.56. The van der Waals surface area contributed by atoms with E-state index in [1.54, 1.807) is 12.1 Å². The Hall–Kier alpha value is -0.930. The van der Waals surface area contributed by atoms with E-state index in [0.29, 0.717) is 12.0 Å². The Balaban J connectivity index is 2.09. The van der Waals surface area contributed by atoms with Crippen molar-refractivity contribution < 1.29 is 4.39 Å². The largest absolute Gasteiger partial charge is 0.314 e. The van der Waals surface area contributed by atoms with Crippen LogP contribution in [-0.2, 0) is 0 Å². The molecular formula is C16H25FN2. The van der Waals surface area contributed by atoms with Gasteiger partial charge in [-0.2, -0.15) is 0 Å². The first-order chi connectivity index (χ1) is 9.06. The summed E-state index contributed by atoms with van der Waals surface area (Å²) in [7, 11) is 0. The van der Waals surface area contributed by atoms with Gasteiger partial charge in [-0.25, -0.2) is 4.39 Å². The Morgan fingerprint density at radius 2 is 2.16 bits per heavy atom. The van der Waals surface area contributed by atoms with Crippen molar-refractivity contribution in [3.05, 3.63) is 35.6 Å². The molecule has 3 unspecified atom stereocenters. The molecule has 106 valence electrons. The van der Waals surface area contributed by atoms with Crippen molar-refractivity contribution in [3.63, 3.8) is 0 Å². The monoisotopic (exact) mass is 264 g/mol. The van der Waals surface area contributed by atoms with Gasteiger partial charge < -0.3 is 5.32 Å². The molecule has 2 nitrogen and oxygen atoms in total. The van der Waals surface area contributed by atoms with Gasteiger partial charge in [-0.1, -0.05) is 19.1 Å². The fraction of sp³-hybridized carbons (Fsp3) is 0.625. The van der Waals surface area contributed by atoms with Gasteiger partial charge in [0.1, 0.15) is 5.82 Å². The minimum atomic E-state index is -0.139. The molecule has 1 heterocycles. The number of benzene rings is 1. The zero-order valence-corrected chi connectivity index (χ0v) is 12.2. The lowest BCUT2D eigenvalue weighted by Gasteiger charge is -2.35. The minimum Gasteiger partial charge on any atom is -0.314 e. The lowest BCUT2D eigenvalue weighted by atomic mass is 10.0. The Bertz CT molecular complexity index is 407. The first kappa shape index (κ1) is 14.5. The fourth-order valence-corrected chi connectivity index (χ4v) is 2.75. The average Bonchev–Trinajstić information content (AvgIpc) is 2.38. The lowest BCUT2D eigenvalue weighted by molar-refractivity contribution is 0.156. The van der Waals surface area contributed by atoms with E-state index in [4.69, 9.17) is 0 Å². The van der Waals surface area contributed by atoms with Gasteiger partial charge in [0.2, 0.25) is 0 Å². The molecule has 3 heteroatoms. The Morgan fingerprint density at radius 3 is 2.89 bits per heavy atom. The molecule has 0 spiro atoms. The predicted molar refractivity (Wildman–Crippen MR) is 77.6 cm³/mol. The second kappa shape index (κ2) is 6.49. The molecule has 0 saturated carbocycles. The van der Waals surface area contributed by atoms with Gasteiger partial charge in [-0.3, -0.25) is 4.90 Å². The normalized spacial score (nSPS) is 27.6. The van der Waals surface area contributed by atoms with Crippen LogP contribution in [0.3, 0.4) is 0 Å². The van der Waals surface area contributed by atoms with Crippen LogP contribution in [0.1, 0.15) is 38.8 Å². The number of halogens is 1. The van der Waals surface area contributed by atoms with Gasteiger partial charge in [0, 0.05) is 25.2 Å². The zero-order chi connectivity index (χ0) is 13.8. The number of hydrogen-bond acceptors (Lipinski definition) is 2. The van der Waals surface area contributed by atoms with Gasteiger partial charge in [-0.15, -0.1) is 0 Å². The highest BCUT2D eigenvalue weighted by molar-refractivity contribution is 5.19. The maximum atomic E-state index is 13.4. The highest BCUT2D eigenvalue weighted by Gasteiger charge is 2.21.